The molecule has 1 aromatic rings. The van der Waals surface area contributed by atoms with Crippen LogP contribution in [0, 0.1) is 0 Å². The van der Waals surface area contributed by atoms with Crippen LogP contribution in [0.25, 0.3) is 6.08 Å². The van der Waals surface area contributed by atoms with Crippen molar-refractivity contribution in [3.8, 4) is 0 Å². The first-order valence-corrected chi connectivity index (χ1v) is 3.54. The minimum absolute atomic E-state index is 0.171. The molecule has 0 unspecified atom stereocenters. The van der Waals surface area contributed by atoms with Gasteiger partial charge in [0.05, 0.1) is 0 Å². The largest absolute Gasteiger partial charge is 0.396 e. The Morgan fingerprint density at radius 3 is 3.09 bits per heavy atom. The summed E-state index contributed by atoms with van der Waals surface area (Å²) in [5, 5.41) is 8.68. The van der Waals surface area contributed by atoms with Crippen molar-refractivity contribution < 1.29 is 5.11 Å². The Morgan fingerprint density at radius 2 is 2.45 bits per heavy atom. The van der Waals surface area contributed by atoms with E-state index < -0.39 is 0 Å². The first-order chi connectivity index (χ1) is 5.38. The third kappa shape index (κ3) is 1.88. The zero-order valence-electron chi connectivity index (χ0n) is 6.33. The molecule has 0 fully saturated rings. The Labute approximate surface area is 66.2 Å². The predicted molar refractivity (Wildman–Crippen MR) is 45.1 cm³/mol. The van der Waals surface area contributed by atoms with Crippen LogP contribution in [0.4, 0.5) is 0 Å². The molecule has 0 atom stereocenters. The predicted octanol–water partition coefficient (Wildman–Crippen LogP) is 1.26. The van der Waals surface area contributed by atoms with Crippen LogP contribution in [0.3, 0.4) is 0 Å². The van der Waals surface area contributed by atoms with Crippen LogP contribution >= 0.6 is 0 Å². The van der Waals surface area contributed by atoms with E-state index in [0.717, 1.165) is 11.1 Å². The lowest BCUT2D eigenvalue weighted by Gasteiger charge is -2.01. The van der Waals surface area contributed by atoms with Crippen molar-refractivity contribution in [2.75, 3.05) is 6.61 Å². The summed E-state index contributed by atoms with van der Waals surface area (Å²) in [6.07, 6.45) is 5.89. The number of hydrogen-bond donors (Lipinski definition) is 1. The molecule has 0 spiro atoms. The fourth-order valence-electron chi connectivity index (χ4n) is 0.967. The molecule has 1 rings (SSSR count). The monoisotopic (exact) mass is 149 g/mol. The van der Waals surface area contributed by atoms with Crippen LogP contribution in [-0.4, -0.2) is 16.7 Å². The smallest absolute Gasteiger partial charge is 0.0471 e. The van der Waals surface area contributed by atoms with E-state index in [2.05, 4.69) is 11.6 Å². The fraction of sp³-hybridized carbons (Fsp3) is 0.222. The summed E-state index contributed by atoms with van der Waals surface area (Å²) in [7, 11) is 0. The summed E-state index contributed by atoms with van der Waals surface area (Å²) in [6.45, 7) is 3.82. The number of hydrogen-bond acceptors (Lipinski definition) is 2. The van der Waals surface area contributed by atoms with Gasteiger partial charge in [-0.3, -0.25) is 4.98 Å². The van der Waals surface area contributed by atoms with Crippen LogP contribution in [0.5, 0.6) is 0 Å². The highest BCUT2D eigenvalue weighted by Crippen LogP contribution is 2.07. The first kappa shape index (κ1) is 7.95. The molecule has 1 aromatic heterocycles. The van der Waals surface area contributed by atoms with E-state index >= 15 is 0 Å². The molecule has 0 aliphatic heterocycles. The molecule has 1 heterocycles. The molecule has 0 aromatic carbocycles. The van der Waals surface area contributed by atoms with Crippen LogP contribution in [0.1, 0.15) is 11.1 Å². The second-order valence-electron chi connectivity index (χ2n) is 2.25. The van der Waals surface area contributed by atoms with E-state index in [1.165, 1.54) is 0 Å². The van der Waals surface area contributed by atoms with Crippen molar-refractivity contribution in [1.29, 1.82) is 0 Å². The molecule has 0 saturated heterocycles. The number of aliphatic hydroxyl groups excluding tert-OH is 1. The van der Waals surface area contributed by atoms with Gasteiger partial charge in [-0.15, -0.1) is 0 Å². The molecule has 1 N–H and O–H groups in total. The molecule has 2 nitrogen and oxygen atoms in total. The highest BCUT2D eigenvalue weighted by Gasteiger charge is 1.95. The third-order valence-electron chi connectivity index (χ3n) is 1.55. The van der Waals surface area contributed by atoms with Gasteiger partial charge in [0.2, 0.25) is 0 Å². The number of nitrogens with zero attached hydrogens (tertiary/aromatic N) is 1. The van der Waals surface area contributed by atoms with E-state index in [9.17, 15) is 0 Å². The first-order valence-electron chi connectivity index (χ1n) is 3.54. The van der Waals surface area contributed by atoms with Gasteiger partial charge in [-0.05, 0) is 23.6 Å². The molecule has 0 bridgehead atoms. The van der Waals surface area contributed by atoms with Gasteiger partial charge >= 0.3 is 0 Å². The standard InChI is InChI=1S/C9H11NO/c1-2-8-7-10-5-3-9(8)4-6-11/h2-3,5,7,11H,1,4,6H2. The van der Waals surface area contributed by atoms with Crippen LogP contribution < -0.4 is 0 Å². The maximum absolute atomic E-state index is 8.68. The second kappa shape index (κ2) is 3.88. The van der Waals surface area contributed by atoms with Gasteiger partial charge in [-0.25, -0.2) is 0 Å². The van der Waals surface area contributed by atoms with E-state index in [0.29, 0.717) is 6.42 Å². The lowest BCUT2D eigenvalue weighted by atomic mass is 10.1. The van der Waals surface area contributed by atoms with E-state index in [1.54, 1.807) is 18.5 Å². The van der Waals surface area contributed by atoms with Gasteiger partial charge in [0.25, 0.3) is 0 Å². The summed E-state index contributed by atoms with van der Waals surface area (Å²) in [4.78, 5) is 3.95. The third-order valence-corrected chi connectivity index (χ3v) is 1.55. The number of aromatic nitrogens is 1. The fourth-order valence-corrected chi connectivity index (χ4v) is 0.967. The highest BCUT2D eigenvalue weighted by molar-refractivity contribution is 5.50. The van der Waals surface area contributed by atoms with Crippen LogP contribution in [-0.2, 0) is 6.42 Å². The lowest BCUT2D eigenvalue weighted by molar-refractivity contribution is 0.299. The van der Waals surface area contributed by atoms with Crippen molar-refractivity contribution >= 4 is 6.08 Å². The molecule has 0 aliphatic carbocycles. The average Bonchev–Trinajstić information content (AvgIpc) is 2.06. The Hall–Kier alpha value is -1.15. The molecular weight excluding hydrogens is 138 g/mol. The minimum Gasteiger partial charge on any atom is -0.396 e. The maximum atomic E-state index is 8.68. The second-order valence-corrected chi connectivity index (χ2v) is 2.25. The van der Waals surface area contributed by atoms with Gasteiger partial charge < -0.3 is 5.11 Å². The van der Waals surface area contributed by atoms with Gasteiger partial charge in [0.15, 0.2) is 0 Å². The molecule has 11 heavy (non-hydrogen) atoms. The Bertz CT molecular complexity index is 245. The Morgan fingerprint density at radius 1 is 1.64 bits per heavy atom. The summed E-state index contributed by atoms with van der Waals surface area (Å²) in [5.41, 5.74) is 2.10. The SMILES string of the molecule is C=Cc1cnccc1CCO. The van der Waals surface area contributed by atoms with Gasteiger partial charge in [0.1, 0.15) is 0 Å². The Kier molecular flexibility index (Phi) is 2.81. The zero-order valence-corrected chi connectivity index (χ0v) is 6.33. The van der Waals surface area contributed by atoms with Gasteiger partial charge in [-0.2, -0.15) is 0 Å². The van der Waals surface area contributed by atoms with Crippen molar-refractivity contribution in [3.05, 3.63) is 36.2 Å². The van der Waals surface area contributed by atoms with E-state index in [4.69, 9.17) is 5.11 Å². The quantitative estimate of drug-likeness (QED) is 0.701. The highest BCUT2D eigenvalue weighted by atomic mass is 16.2. The molecule has 0 saturated carbocycles. The molecule has 0 amide bonds. The van der Waals surface area contributed by atoms with Crippen molar-refractivity contribution in [2.45, 2.75) is 6.42 Å². The van der Waals surface area contributed by atoms with E-state index in [-0.39, 0.29) is 6.61 Å². The van der Waals surface area contributed by atoms with Crippen molar-refractivity contribution in [3.63, 3.8) is 0 Å². The maximum Gasteiger partial charge on any atom is 0.0471 e. The molecular formula is C9H11NO. The number of rotatable bonds is 3. The number of aliphatic hydroxyl groups is 1. The van der Waals surface area contributed by atoms with Crippen LogP contribution in [0.15, 0.2) is 25.0 Å². The molecule has 0 aliphatic rings. The Balaban J connectivity index is 2.92. The van der Waals surface area contributed by atoms with Gasteiger partial charge in [-0.1, -0.05) is 12.7 Å². The topological polar surface area (TPSA) is 33.1 Å². The summed E-state index contributed by atoms with van der Waals surface area (Å²) < 4.78 is 0. The minimum atomic E-state index is 0.171. The average molecular weight is 149 g/mol. The van der Waals surface area contributed by atoms with Gasteiger partial charge in [0, 0.05) is 19.0 Å². The zero-order chi connectivity index (χ0) is 8.10. The summed E-state index contributed by atoms with van der Waals surface area (Å²) in [6, 6.07) is 1.90. The normalized spacial score (nSPS) is 9.55. The van der Waals surface area contributed by atoms with Crippen LogP contribution in [0.2, 0.25) is 0 Å². The van der Waals surface area contributed by atoms with Crippen molar-refractivity contribution in [1.82, 2.24) is 4.98 Å². The molecule has 2 heteroatoms. The molecule has 0 radical (unpaired) electrons. The van der Waals surface area contributed by atoms with E-state index in [1.807, 2.05) is 6.07 Å². The molecule has 58 valence electrons. The lowest BCUT2D eigenvalue weighted by Crippen LogP contribution is -1.93. The summed E-state index contributed by atoms with van der Waals surface area (Å²) in [5.74, 6) is 0. The summed E-state index contributed by atoms with van der Waals surface area (Å²) >= 11 is 0. The number of pyridine rings is 1. The van der Waals surface area contributed by atoms with Crippen molar-refractivity contribution in [2.24, 2.45) is 0 Å².